The molecule has 0 amide bonds. The highest BCUT2D eigenvalue weighted by atomic mass is 35.5. The van der Waals surface area contributed by atoms with E-state index in [0.717, 1.165) is 38.8 Å². The van der Waals surface area contributed by atoms with Crippen LogP contribution in [0.5, 0.6) is 0 Å². The number of aromatic nitrogens is 3. The van der Waals surface area contributed by atoms with E-state index in [-0.39, 0.29) is 5.28 Å². The molecule has 0 saturated heterocycles. The Morgan fingerprint density at radius 2 is 1.85 bits per heavy atom. The highest BCUT2D eigenvalue weighted by molar-refractivity contribution is 6.28. The van der Waals surface area contributed by atoms with Crippen molar-refractivity contribution < 1.29 is 5.11 Å². The fraction of sp³-hybridized carbons (Fsp3) is 0.769. The van der Waals surface area contributed by atoms with Crippen LogP contribution in [0.3, 0.4) is 0 Å². The molecule has 2 rings (SSSR count). The molecule has 20 heavy (non-hydrogen) atoms. The second kappa shape index (κ2) is 6.54. The van der Waals surface area contributed by atoms with Crippen molar-refractivity contribution >= 4 is 23.5 Å². The molecule has 0 atom stereocenters. The van der Waals surface area contributed by atoms with Gasteiger partial charge in [0.25, 0.3) is 0 Å². The number of nitrogens with zero attached hydrogens (tertiary/aromatic N) is 4. The highest BCUT2D eigenvalue weighted by Crippen LogP contribution is 2.29. The Hall–Kier alpha value is -1.14. The standard InChI is InChI=1S/C13H22ClN5O/c1-3-19(4-2)12-17-10(14)16-11(18-12)15-9-13(20)7-5-6-8-13/h20H,3-9H2,1-2H3,(H,15,16,17,18). The van der Waals surface area contributed by atoms with Crippen LogP contribution in [0.1, 0.15) is 39.5 Å². The predicted octanol–water partition coefficient (Wildman–Crippen LogP) is 2.09. The highest BCUT2D eigenvalue weighted by Gasteiger charge is 2.31. The molecule has 1 heterocycles. The summed E-state index contributed by atoms with van der Waals surface area (Å²) in [6, 6.07) is 0. The first kappa shape index (κ1) is 15.3. The Kier molecular flexibility index (Phi) is 4.99. The largest absolute Gasteiger partial charge is 0.388 e. The van der Waals surface area contributed by atoms with Gasteiger partial charge in [0, 0.05) is 19.6 Å². The van der Waals surface area contributed by atoms with Gasteiger partial charge < -0.3 is 15.3 Å². The van der Waals surface area contributed by atoms with E-state index in [1.807, 2.05) is 18.7 Å². The molecule has 2 N–H and O–H groups in total. The van der Waals surface area contributed by atoms with Crippen LogP contribution in [0.15, 0.2) is 0 Å². The van der Waals surface area contributed by atoms with E-state index in [1.165, 1.54) is 0 Å². The number of hydrogen-bond acceptors (Lipinski definition) is 6. The average Bonchev–Trinajstić information content (AvgIpc) is 2.85. The maximum Gasteiger partial charge on any atom is 0.231 e. The molecule has 1 fully saturated rings. The second-order valence-corrected chi connectivity index (χ2v) is 5.52. The van der Waals surface area contributed by atoms with Crippen LogP contribution in [-0.4, -0.2) is 45.3 Å². The van der Waals surface area contributed by atoms with Gasteiger partial charge in [-0.05, 0) is 38.3 Å². The maximum absolute atomic E-state index is 10.3. The quantitative estimate of drug-likeness (QED) is 0.838. The number of hydrogen-bond donors (Lipinski definition) is 2. The molecule has 0 radical (unpaired) electrons. The molecule has 0 bridgehead atoms. The number of anilines is 2. The zero-order valence-corrected chi connectivity index (χ0v) is 12.8. The van der Waals surface area contributed by atoms with Crippen LogP contribution in [0.4, 0.5) is 11.9 Å². The topological polar surface area (TPSA) is 74.2 Å². The Morgan fingerprint density at radius 3 is 2.45 bits per heavy atom. The van der Waals surface area contributed by atoms with Crippen molar-refractivity contribution in [3.63, 3.8) is 0 Å². The lowest BCUT2D eigenvalue weighted by Crippen LogP contribution is -2.34. The number of halogens is 1. The van der Waals surface area contributed by atoms with Crippen LogP contribution in [0.25, 0.3) is 0 Å². The molecule has 1 aliphatic carbocycles. The minimum atomic E-state index is -0.644. The van der Waals surface area contributed by atoms with E-state index in [9.17, 15) is 5.11 Å². The maximum atomic E-state index is 10.3. The number of aliphatic hydroxyl groups is 1. The van der Waals surface area contributed by atoms with Crippen LogP contribution in [0.2, 0.25) is 5.28 Å². The van der Waals surface area contributed by atoms with Crippen LogP contribution in [0, 0.1) is 0 Å². The minimum absolute atomic E-state index is 0.169. The number of nitrogens with one attached hydrogen (secondary N) is 1. The Morgan fingerprint density at radius 1 is 1.20 bits per heavy atom. The van der Waals surface area contributed by atoms with Gasteiger partial charge in [-0.3, -0.25) is 0 Å². The Bertz CT molecular complexity index is 446. The first-order valence-electron chi connectivity index (χ1n) is 7.19. The van der Waals surface area contributed by atoms with Gasteiger partial charge in [-0.15, -0.1) is 0 Å². The lowest BCUT2D eigenvalue weighted by atomic mass is 10.0. The van der Waals surface area contributed by atoms with Crippen molar-refractivity contribution in [1.29, 1.82) is 0 Å². The van der Waals surface area contributed by atoms with E-state index >= 15 is 0 Å². The molecule has 7 heteroatoms. The minimum Gasteiger partial charge on any atom is -0.388 e. The lowest BCUT2D eigenvalue weighted by molar-refractivity contribution is 0.0613. The second-order valence-electron chi connectivity index (χ2n) is 5.19. The first-order chi connectivity index (χ1) is 9.56. The molecule has 0 spiro atoms. The van der Waals surface area contributed by atoms with E-state index in [0.29, 0.717) is 18.4 Å². The molecule has 1 saturated carbocycles. The SMILES string of the molecule is CCN(CC)c1nc(Cl)nc(NCC2(O)CCCC2)n1. The molecule has 112 valence electrons. The summed E-state index contributed by atoms with van der Waals surface area (Å²) in [6.07, 6.45) is 3.78. The Balaban J connectivity index is 2.07. The summed E-state index contributed by atoms with van der Waals surface area (Å²) >= 11 is 5.95. The van der Waals surface area contributed by atoms with E-state index in [1.54, 1.807) is 0 Å². The van der Waals surface area contributed by atoms with Gasteiger partial charge in [0.2, 0.25) is 17.2 Å². The smallest absolute Gasteiger partial charge is 0.231 e. The molecule has 0 aromatic carbocycles. The fourth-order valence-corrected chi connectivity index (χ4v) is 2.68. The van der Waals surface area contributed by atoms with Gasteiger partial charge in [-0.25, -0.2) is 0 Å². The normalized spacial score (nSPS) is 17.2. The van der Waals surface area contributed by atoms with Crippen molar-refractivity contribution in [3.8, 4) is 0 Å². The third-order valence-electron chi connectivity index (χ3n) is 3.75. The molecule has 0 unspecified atom stereocenters. The summed E-state index contributed by atoms with van der Waals surface area (Å²) < 4.78 is 0. The van der Waals surface area contributed by atoms with Gasteiger partial charge in [-0.1, -0.05) is 12.8 Å². The van der Waals surface area contributed by atoms with Gasteiger partial charge in [0.1, 0.15) is 0 Å². The van der Waals surface area contributed by atoms with Crippen molar-refractivity contribution in [2.75, 3.05) is 29.9 Å². The summed E-state index contributed by atoms with van der Waals surface area (Å²) in [6.45, 7) is 6.14. The molecule has 1 aliphatic rings. The van der Waals surface area contributed by atoms with Gasteiger partial charge >= 0.3 is 0 Å². The third kappa shape index (κ3) is 3.70. The number of rotatable bonds is 6. The fourth-order valence-electron chi connectivity index (χ4n) is 2.52. The van der Waals surface area contributed by atoms with Crippen molar-refractivity contribution in [2.45, 2.75) is 45.1 Å². The van der Waals surface area contributed by atoms with Gasteiger partial charge in [0.15, 0.2) is 0 Å². The van der Waals surface area contributed by atoms with Gasteiger partial charge in [0.05, 0.1) is 5.60 Å². The van der Waals surface area contributed by atoms with E-state index in [4.69, 9.17) is 11.6 Å². The zero-order valence-electron chi connectivity index (χ0n) is 12.1. The monoisotopic (exact) mass is 299 g/mol. The summed E-state index contributed by atoms with van der Waals surface area (Å²) in [5.74, 6) is 0.989. The van der Waals surface area contributed by atoms with Crippen LogP contribution in [-0.2, 0) is 0 Å². The molecule has 1 aromatic heterocycles. The van der Waals surface area contributed by atoms with Crippen LogP contribution < -0.4 is 10.2 Å². The van der Waals surface area contributed by atoms with Gasteiger partial charge in [-0.2, -0.15) is 15.0 Å². The molecular weight excluding hydrogens is 278 g/mol. The van der Waals surface area contributed by atoms with Crippen molar-refractivity contribution in [2.24, 2.45) is 0 Å². The zero-order chi connectivity index (χ0) is 14.6. The van der Waals surface area contributed by atoms with E-state index < -0.39 is 5.60 Å². The van der Waals surface area contributed by atoms with Crippen molar-refractivity contribution in [1.82, 2.24) is 15.0 Å². The summed E-state index contributed by atoms with van der Waals surface area (Å²) in [7, 11) is 0. The summed E-state index contributed by atoms with van der Waals surface area (Å²) in [4.78, 5) is 14.6. The molecule has 1 aromatic rings. The lowest BCUT2D eigenvalue weighted by Gasteiger charge is -2.23. The first-order valence-corrected chi connectivity index (χ1v) is 7.57. The Labute approximate surface area is 124 Å². The van der Waals surface area contributed by atoms with E-state index in [2.05, 4.69) is 20.3 Å². The molecule has 0 aliphatic heterocycles. The average molecular weight is 300 g/mol. The molecule has 6 nitrogen and oxygen atoms in total. The third-order valence-corrected chi connectivity index (χ3v) is 3.92. The van der Waals surface area contributed by atoms with Crippen LogP contribution >= 0.6 is 11.6 Å². The summed E-state index contributed by atoms with van der Waals surface area (Å²) in [5, 5.41) is 13.6. The predicted molar refractivity (Wildman–Crippen MR) is 80.3 cm³/mol. The summed E-state index contributed by atoms with van der Waals surface area (Å²) in [5.41, 5.74) is -0.644. The molecular formula is C13H22ClN5O. The van der Waals surface area contributed by atoms with Crippen molar-refractivity contribution in [3.05, 3.63) is 5.28 Å².